The lowest BCUT2D eigenvalue weighted by Crippen LogP contribution is -2.34. The Bertz CT molecular complexity index is 1310. The molecule has 9 nitrogen and oxygen atoms in total. The van der Waals surface area contributed by atoms with Crippen LogP contribution in [0.4, 0.5) is 4.39 Å². The molecule has 1 aromatic carbocycles. The van der Waals surface area contributed by atoms with Crippen molar-refractivity contribution in [1.29, 1.82) is 0 Å². The van der Waals surface area contributed by atoms with Crippen LogP contribution in [0, 0.1) is 17.8 Å². The SMILES string of the molecule is CC[C@@H]1[C@H](F)C(=O)N[C@@H]1COc1ncc(C#Cc2ncccn2)c2cc(C(N)=O)c(OC)cc12. The standard InChI is InChI=1S/C24H22FN5O4/c1-3-14-18(30-23(32)21(14)25)12-34-24-16-10-19(33-2)17(22(26)31)9-15(16)13(11-29-24)5-6-20-27-7-4-8-28-20/h4,7-11,14,18,21H,3,12H2,1-2H3,(H2,26,31)(H,30,32)/t14-,18+,21-/m0/s1. The van der Waals surface area contributed by atoms with Gasteiger partial charge in [0.1, 0.15) is 12.4 Å². The number of carbonyl (C=O) groups is 2. The van der Waals surface area contributed by atoms with Crippen molar-refractivity contribution in [2.24, 2.45) is 11.7 Å². The summed E-state index contributed by atoms with van der Waals surface area (Å²) in [6.07, 6.45) is 3.56. The first-order chi connectivity index (χ1) is 16.4. The second-order valence-electron chi connectivity index (χ2n) is 7.66. The highest BCUT2D eigenvalue weighted by atomic mass is 19.1. The summed E-state index contributed by atoms with van der Waals surface area (Å²) in [6, 6.07) is 4.33. The van der Waals surface area contributed by atoms with Crippen molar-refractivity contribution in [2.45, 2.75) is 25.6 Å². The first-order valence-electron chi connectivity index (χ1n) is 10.6. The van der Waals surface area contributed by atoms with Crippen LogP contribution in [0.5, 0.6) is 11.6 Å². The molecule has 4 rings (SSSR count). The third kappa shape index (κ3) is 4.45. The Morgan fingerprint density at radius 2 is 1.97 bits per heavy atom. The number of rotatable bonds is 6. The molecule has 1 aliphatic rings. The first-order valence-corrected chi connectivity index (χ1v) is 10.6. The molecular weight excluding hydrogens is 441 g/mol. The molecule has 1 fully saturated rings. The number of hydrogen-bond donors (Lipinski definition) is 2. The number of benzene rings is 1. The molecule has 3 heterocycles. The molecule has 3 aromatic rings. The zero-order chi connectivity index (χ0) is 24.2. The maximum atomic E-state index is 14.1. The van der Waals surface area contributed by atoms with E-state index in [2.05, 4.69) is 32.1 Å². The smallest absolute Gasteiger partial charge is 0.255 e. The number of amides is 2. The Balaban J connectivity index is 1.75. The van der Waals surface area contributed by atoms with Gasteiger partial charge < -0.3 is 20.5 Å². The Labute approximate surface area is 194 Å². The lowest BCUT2D eigenvalue weighted by molar-refractivity contribution is -0.123. The van der Waals surface area contributed by atoms with E-state index in [4.69, 9.17) is 15.2 Å². The fourth-order valence-electron chi connectivity index (χ4n) is 3.90. The second kappa shape index (κ2) is 9.70. The number of alkyl halides is 1. The average Bonchev–Trinajstić information content (AvgIpc) is 3.13. The summed E-state index contributed by atoms with van der Waals surface area (Å²) in [5.74, 6) is 4.81. The minimum absolute atomic E-state index is 0.0233. The van der Waals surface area contributed by atoms with Crippen LogP contribution < -0.4 is 20.5 Å². The summed E-state index contributed by atoms with van der Waals surface area (Å²) in [5, 5.41) is 3.69. The van der Waals surface area contributed by atoms with Crippen LogP contribution in [0.15, 0.2) is 36.8 Å². The third-order valence-corrected chi connectivity index (χ3v) is 5.65. The Morgan fingerprint density at radius 3 is 2.65 bits per heavy atom. The number of carbonyl (C=O) groups excluding carboxylic acids is 2. The van der Waals surface area contributed by atoms with E-state index in [0.29, 0.717) is 28.6 Å². The van der Waals surface area contributed by atoms with Crippen molar-refractivity contribution >= 4 is 22.6 Å². The van der Waals surface area contributed by atoms with Crippen LogP contribution in [0.1, 0.15) is 35.1 Å². The van der Waals surface area contributed by atoms with Crippen LogP contribution >= 0.6 is 0 Å². The number of primary amides is 1. The number of nitrogens with zero attached hydrogens (tertiary/aromatic N) is 3. The highest BCUT2D eigenvalue weighted by Crippen LogP contribution is 2.33. The molecule has 0 radical (unpaired) electrons. The number of halogens is 1. The van der Waals surface area contributed by atoms with E-state index >= 15 is 0 Å². The predicted octanol–water partition coefficient (Wildman–Crippen LogP) is 1.77. The molecule has 0 saturated carbocycles. The van der Waals surface area contributed by atoms with Crippen molar-refractivity contribution in [3.63, 3.8) is 0 Å². The number of nitrogens with one attached hydrogen (secondary N) is 1. The molecule has 174 valence electrons. The van der Waals surface area contributed by atoms with Gasteiger partial charge in [0.2, 0.25) is 11.7 Å². The highest BCUT2D eigenvalue weighted by Gasteiger charge is 2.41. The molecule has 2 amide bonds. The second-order valence-corrected chi connectivity index (χ2v) is 7.66. The van der Waals surface area contributed by atoms with Crippen LogP contribution in [0.2, 0.25) is 0 Å². The number of hydrogen-bond acceptors (Lipinski definition) is 7. The number of pyridine rings is 1. The molecule has 10 heteroatoms. The lowest BCUT2D eigenvalue weighted by atomic mass is 9.97. The minimum Gasteiger partial charge on any atom is -0.496 e. The minimum atomic E-state index is -1.57. The zero-order valence-corrected chi connectivity index (χ0v) is 18.5. The van der Waals surface area contributed by atoms with Gasteiger partial charge in [-0.3, -0.25) is 9.59 Å². The summed E-state index contributed by atoms with van der Waals surface area (Å²) in [4.78, 5) is 36.3. The van der Waals surface area contributed by atoms with Crippen molar-refractivity contribution in [3.05, 3.63) is 53.7 Å². The fraction of sp³-hybridized carbons (Fsp3) is 0.292. The number of nitrogens with two attached hydrogens (primary N) is 1. The molecule has 0 bridgehead atoms. The van der Waals surface area contributed by atoms with Crippen LogP contribution in [-0.2, 0) is 4.79 Å². The summed E-state index contributed by atoms with van der Waals surface area (Å²) < 4.78 is 25.4. The van der Waals surface area contributed by atoms with Gasteiger partial charge in [0.25, 0.3) is 11.8 Å². The van der Waals surface area contributed by atoms with E-state index < -0.39 is 29.9 Å². The topological polar surface area (TPSA) is 129 Å². The van der Waals surface area contributed by atoms with Gasteiger partial charge >= 0.3 is 0 Å². The largest absolute Gasteiger partial charge is 0.496 e. The maximum Gasteiger partial charge on any atom is 0.255 e. The molecule has 3 atom stereocenters. The Kier molecular flexibility index (Phi) is 6.54. The van der Waals surface area contributed by atoms with Crippen LogP contribution in [-0.4, -0.2) is 52.7 Å². The molecule has 0 spiro atoms. The van der Waals surface area contributed by atoms with Crippen LogP contribution in [0.25, 0.3) is 10.8 Å². The van der Waals surface area contributed by atoms with Gasteiger partial charge in [0.15, 0.2) is 6.17 Å². The van der Waals surface area contributed by atoms with Crippen molar-refractivity contribution in [3.8, 4) is 23.5 Å². The van der Waals surface area contributed by atoms with Gasteiger partial charge in [0.05, 0.1) is 24.3 Å². The summed E-state index contributed by atoms with van der Waals surface area (Å²) in [5.41, 5.74) is 6.19. The molecular formula is C24H22FN5O4. The first kappa shape index (κ1) is 22.9. The monoisotopic (exact) mass is 463 g/mol. The lowest BCUT2D eigenvalue weighted by Gasteiger charge is -2.19. The van der Waals surface area contributed by atoms with Crippen molar-refractivity contribution < 1.29 is 23.5 Å². The van der Waals surface area contributed by atoms with Gasteiger partial charge in [-0.1, -0.05) is 12.8 Å². The van der Waals surface area contributed by atoms with E-state index in [9.17, 15) is 14.0 Å². The fourth-order valence-corrected chi connectivity index (χ4v) is 3.90. The Hall–Kier alpha value is -4.26. The molecule has 0 aliphatic carbocycles. The van der Waals surface area contributed by atoms with E-state index in [-0.39, 0.29) is 23.8 Å². The van der Waals surface area contributed by atoms with Gasteiger partial charge in [-0.05, 0) is 30.5 Å². The number of aromatic nitrogens is 3. The highest BCUT2D eigenvalue weighted by molar-refractivity contribution is 6.03. The predicted molar refractivity (Wildman–Crippen MR) is 121 cm³/mol. The van der Waals surface area contributed by atoms with E-state index in [1.807, 2.05) is 6.92 Å². The molecule has 0 unspecified atom stereocenters. The van der Waals surface area contributed by atoms with Gasteiger partial charge in [-0.2, -0.15) is 0 Å². The zero-order valence-electron chi connectivity index (χ0n) is 18.5. The van der Waals surface area contributed by atoms with E-state index in [1.165, 1.54) is 13.3 Å². The molecule has 3 N–H and O–H groups in total. The molecule has 34 heavy (non-hydrogen) atoms. The maximum absolute atomic E-state index is 14.1. The van der Waals surface area contributed by atoms with Gasteiger partial charge in [0, 0.05) is 35.3 Å². The van der Waals surface area contributed by atoms with Gasteiger partial charge in [-0.15, -0.1) is 0 Å². The molecule has 1 aliphatic heterocycles. The normalized spacial score (nSPS) is 19.3. The van der Waals surface area contributed by atoms with Crippen molar-refractivity contribution in [2.75, 3.05) is 13.7 Å². The Morgan fingerprint density at radius 1 is 1.21 bits per heavy atom. The van der Waals surface area contributed by atoms with E-state index in [0.717, 1.165) is 0 Å². The molecule has 2 aromatic heterocycles. The van der Waals surface area contributed by atoms with Gasteiger partial charge in [-0.25, -0.2) is 19.3 Å². The van der Waals surface area contributed by atoms with Crippen molar-refractivity contribution in [1.82, 2.24) is 20.3 Å². The number of ether oxygens (including phenoxy) is 2. The quantitative estimate of drug-likeness (QED) is 0.533. The molecule has 1 saturated heterocycles. The van der Waals surface area contributed by atoms with Crippen LogP contribution in [0.3, 0.4) is 0 Å². The number of methoxy groups -OCH3 is 1. The summed E-state index contributed by atoms with van der Waals surface area (Å²) in [6.45, 7) is 1.84. The third-order valence-electron chi connectivity index (χ3n) is 5.65. The summed E-state index contributed by atoms with van der Waals surface area (Å²) >= 11 is 0. The van der Waals surface area contributed by atoms with E-state index in [1.54, 1.807) is 30.6 Å². The average molecular weight is 463 g/mol. The summed E-state index contributed by atoms with van der Waals surface area (Å²) in [7, 11) is 1.42. The number of fused-ring (bicyclic) bond motifs is 1.